The van der Waals surface area contributed by atoms with Crippen molar-refractivity contribution in [3.63, 3.8) is 0 Å². The maximum atomic E-state index is 11.8. The van der Waals surface area contributed by atoms with Crippen LogP contribution in [0.1, 0.15) is 38.8 Å². The lowest BCUT2D eigenvalue weighted by Crippen LogP contribution is -2.19. The van der Waals surface area contributed by atoms with Gasteiger partial charge in [0.25, 0.3) is 5.91 Å². The molecule has 2 aromatic carbocycles. The van der Waals surface area contributed by atoms with Crippen LogP contribution in [0.2, 0.25) is 0 Å². The monoisotopic (exact) mass is 391 g/mol. The van der Waals surface area contributed by atoms with Crippen molar-refractivity contribution in [2.24, 2.45) is 5.10 Å². The van der Waals surface area contributed by atoms with Gasteiger partial charge in [0.1, 0.15) is 5.75 Å². The number of phenolic OH excluding ortho intramolecular Hbond substituents is 1. The Bertz CT molecular complexity index is 1000. The Hall–Kier alpha value is -4.00. The number of carbonyl (C=O) groups excluding carboxylic acids is 1. The zero-order chi connectivity index (χ0) is 21.2. The van der Waals surface area contributed by atoms with Crippen LogP contribution in [0, 0.1) is 6.92 Å². The molecule has 0 aliphatic heterocycles. The molecule has 148 valence electrons. The minimum Gasteiger partial charge on any atom is -0.508 e. The van der Waals surface area contributed by atoms with Gasteiger partial charge in [-0.1, -0.05) is 35.9 Å². The fourth-order valence-corrected chi connectivity index (χ4v) is 2.20. The molecule has 7 heteroatoms. The molecule has 0 saturated heterocycles. The Morgan fingerprint density at radius 2 is 1.59 bits per heavy atom. The summed E-state index contributed by atoms with van der Waals surface area (Å²) in [5.74, 6) is -1.30. The number of aryl methyl sites for hydroxylation is 1. The average molecular weight is 391 g/mol. The number of nitrogens with one attached hydrogen (secondary N) is 1. The number of carboxylic acids is 1. The Kier molecular flexibility index (Phi) is 7.61. The molecule has 1 heterocycles. The summed E-state index contributed by atoms with van der Waals surface area (Å²) in [5.41, 5.74) is 6.11. The van der Waals surface area contributed by atoms with E-state index in [1.54, 1.807) is 24.5 Å². The van der Waals surface area contributed by atoms with Crippen LogP contribution >= 0.6 is 0 Å². The van der Waals surface area contributed by atoms with Crippen LogP contribution in [0.25, 0.3) is 0 Å². The van der Waals surface area contributed by atoms with Crippen LogP contribution < -0.4 is 5.43 Å². The van der Waals surface area contributed by atoms with Gasteiger partial charge in [0, 0.05) is 18.0 Å². The largest absolute Gasteiger partial charge is 0.508 e. The van der Waals surface area contributed by atoms with Gasteiger partial charge in [0.15, 0.2) is 0 Å². The molecule has 29 heavy (non-hydrogen) atoms. The van der Waals surface area contributed by atoms with Crippen molar-refractivity contribution in [2.75, 3.05) is 0 Å². The van der Waals surface area contributed by atoms with Gasteiger partial charge in [-0.15, -0.1) is 0 Å². The molecule has 3 N–H and O–H groups in total. The van der Waals surface area contributed by atoms with Gasteiger partial charge in [0.2, 0.25) is 0 Å². The van der Waals surface area contributed by atoms with E-state index in [0.29, 0.717) is 5.56 Å². The number of amides is 1. The molecule has 3 rings (SSSR count). The number of aromatic carboxylic acids is 1. The number of carboxylic acid groups (broad SMARTS) is 1. The van der Waals surface area contributed by atoms with E-state index in [2.05, 4.69) is 15.5 Å². The van der Waals surface area contributed by atoms with Crippen LogP contribution in [0.15, 0.2) is 78.2 Å². The smallest absolute Gasteiger partial charge is 0.335 e. The number of nitrogens with zero attached hydrogens (tertiary/aromatic N) is 2. The molecule has 1 amide bonds. The second-order valence-corrected chi connectivity index (χ2v) is 6.10. The zero-order valence-corrected chi connectivity index (χ0v) is 16.0. The predicted molar refractivity (Wildman–Crippen MR) is 110 cm³/mol. The minimum atomic E-state index is -1.03. The van der Waals surface area contributed by atoms with Crippen molar-refractivity contribution in [3.05, 3.63) is 95.3 Å². The molecule has 1 aromatic heterocycles. The van der Waals surface area contributed by atoms with Crippen LogP contribution in [0.4, 0.5) is 0 Å². The first-order valence-corrected chi connectivity index (χ1v) is 8.71. The summed E-state index contributed by atoms with van der Waals surface area (Å²) in [6, 6.07) is 16.8. The fraction of sp³-hybridized carbons (Fsp3) is 0.0909. The van der Waals surface area contributed by atoms with E-state index in [4.69, 9.17) is 10.2 Å². The highest BCUT2D eigenvalue weighted by Gasteiger charge is 2.04. The predicted octanol–water partition coefficient (Wildman–Crippen LogP) is 3.63. The second kappa shape index (κ2) is 10.4. The lowest BCUT2D eigenvalue weighted by molar-refractivity contribution is 0.0696. The zero-order valence-electron chi connectivity index (χ0n) is 16.0. The normalized spacial score (nSPS) is 10.5. The highest BCUT2D eigenvalue weighted by atomic mass is 16.4. The number of aromatic hydroxyl groups is 1. The first kappa shape index (κ1) is 21.3. The van der Waals surface area contributed by atoms with Crippen LogP contribution in [0.5, 0.6) is 5.75 Å². The number of rotatable bonds is 4. The number of benzene rings is 2. The number of phenols is 1. The van der Waals surface area contributed by atoms with E-state index in [9.17, 15) is 9.59 Å². The summed E-state index contributed by atoms with van der Waals surface area (Å²) in [6.07, 6.45) is 3.15. The molecule has 0 saturated carbocycles. The number of aromatic nitrogens is 1. The van der Waals surface area contributed by atoms with Gasteiger partial charge >= 0.3 is 5.97 Å². The van der Waals surface area contributed by atoms with Gasteiger partial charge in [-0.25, -0.2) is 10.2 Å². The molecule has 0 aliphatic rings. The van der Waals surface area contributed by atoms with Crippen molar-refractivity contribution in [1.82, 2.24) is 10.4 Å². The van der Waals surface area contributed by atoms with Gasteiger partial charge in [0.05, 0.1) is 11.3 Å². The summed E-state index contributed by atoms with van der Waals surface area (Å²) in [4.78, 5) is 25.9. The van der Waals surface area contributed by atoms with Gasteiger partial charge in [-0.2, -0.15) is 5.10 Å². The van der Waals surface area contributed by atoms with E-state index < -0.39 is 5.97 Å². The SMILES string of the molecule is C/C(=N\NC(=O)c1ccncc1)c1ccc(C)cc1.O=C(O)c1cccc(O)c1. The highest BCUT2D eigenvalue weighted by Crippen LogP contribution is 2.10. The number of hydrogen-bond acceptors (Lipinski definition) is 5. The van der Waals surface area contributed by atoms with Crippen molar-refractivity contribution < 1.29 is 19.8 Å². The number of carbonyl (C=O) groups is 2. The van der Waals surface area contributed by atoms with E-state index in [-0.39, 0.29) is 17.2 Å². The van der Waals surface area contributed by atoms with Gasteiger partial charge < -0.3 is 10.2 Å². The molecule has 0 fully saturated rings. The van der Waals surface area contributed by atoms with E-state index >= 15 is 0 Å². The summed E-state index contributed by atoms with van der Waals surface area (Å²) >= 11 is 0. The Morgan fingerprint density at radius 3 is 2.14 bits per heavy atom. The van der Waals surface area contributed by atoms with Crippen LogP contribution in [-0.4, -0.2) is 32.8 Å². The first-order valence-electron chi connectivity index (χ1n) is 8.71. The van der Waals surface area contributed by atoms with Crippen molar-refractivity contribution in [1.29, 1.82) is 0 Å². The van der Waals surface area contributed by atoms with Gasteiger partial charge in [-0.05, 0) is 49.7 Å². The molecule has 0 aliphatic carbocycles. The standard InChI is InChI=1S/C15H15N3O.C7H6O3/c1-11-3-5-13(6-4-11)12(2)17-18-15(19)14-7-9-16-10-8-14;8-6-3-1-2-5(4-6)7(9)10/h3-10H,1-2H3,(H,18,19);1-4,8H,(H,9,10)/b17-12+;. The molecule has 0 radical (unpaired) electrons. The summed E-state index contributed by atoms with van der Waals surface area (Å²) in [5, 5.41) is 21.3. The molecular weight excluding hydrogens is 370 g/mol. The second-order valence-electron chi connectivity index (χ2n) is 6.10. The third kappa shape index (κ3) is 6.91. The average Bonchev–Trinajstić information content (AvgIpc) is 2.73. The lowest BCUT2D eigenvalue weighted by atomic mass is 10.1. The highest BCUT2D eigenvalue weighted by molar-refractivity contribution is 6.00. The summed E-state index contributed by atoms with van der Waals surface area (Å²) in [7, 11) is 0. The number of hydrogen-bond donors (Lipinski definition) is 3. The molecule has 3 aromatic rings. The topological polar surface area (TPSA) is 112 Å². The number of hydrazone groups is 1. The molecule has 0 atom stereocenters. The molecule has 0 unspecified atom stereocenters. The third-order valence-electron chi connectivity index (χ3n) is 3.83. The maximum Gasteiger partial charge on any atom is 0.335 e. The van der Waals surface area contributed by atoms with Crippen molar-refractivity contribution in [3.8, 4) is 5.75 Å². The van der Waals surface area contributed by atoms with Gasteiger partial charge in [-0.3, -0.25) is 9.78 Å². The molecular formula is C22H21N3O4. The molecule has 0 spiro atoms. The Labute approximate surface area is 168 Å². The Balaban J connectivity index is 0.000000253. The van der Waals surface area contributed by atoms with Crippen molar-refractivity contribution in [2.45, 2.75) is 13.8 Å². The van der Waals surface area contributed by atoms with Crippen LogP contribution in [-0.2, 0) is 0 Å². The van der Waals surface area contributed by atoms with E-state index in [1.807, 2.05) is 38.1 Å². The minimum absolute atomic E-state index is 0.0279. The fourth-order valence-electron chi connectivity index (χ4n) is 2.20. The van der Waals surface area contributed by atoms with Crippen molar-refractivity contribution >= 4 is 17.6 Å². The summed E-state index contributed by atoms with van der Waals surface area (Å²) < 4.78 is 0. The quantitative estimate of drug-likeness (QED) is 0.464. The summed E-state index contributed by atoms with van der Waals surface area (Å²) in [6.45, 7) is 3.89. The first-order chi connectivity index (χ1) is 13.9. The molecule has 0 bridgehead atoms. The third-order valence-corrected chi connectivity index (χ3v) is 3.83. The molecule has 7 nitrogen and oxygen atoms in total. The van der Waals surface area contributed by atoms with E-state index in [1.165, 1.54) is 29.8 Å². The maximum absolute atomic E-state index is 11.8. The lowest BCUT2D eigenvalue weighted by Gasteiger charge is -2.03. The van der Waals surface area contributed by atoms with E-state index in [0.717, 1.165) is 11.3 Å². The Morgan fingerprint density at radius 1 is 0.931 bits per heavy atom. The van der Waals surface area contributed by atoms with Crippen LogP contribution in [0.3, 0.4) is 0 Å². The number of pyridine rings is 1.